The van der Waals surface area contributed by atoms with Crippen LogP contribution in [0.15, 0.2) is 87.8 Å². The first-order valence-corrected chi connectivity index (χ1v) is 16.7. The largest absolute Gasteiger partial charge is 0.490 e. The molecule has 42 heavy (non-hydrogen) atoms. The third-order valence-electron chi connectivity index (χ3n) is 6.69. The maximum Gasteiger partial charge on any atom is 0.159 e. The summed E-state index contributed by atoms with van der Waals surface area (Å²) in [6.07, 6.45) is 1.51. The van der Waals surface area contributed by atoms with Crippen LogP contribution in [0.2, 0.25) is 25.1 Å². The maximum absolute atomic E-state index is 6.38. The number of rotatable bonds is 14. The number of nitrogens with zero attached hydrogens (tertiary/aromatic N) is 1. The Morgan fingerprint density at radius 2 is 1.21 bits per heavy atom. The van der Waals surface area contributed by atoms with Crippen molar-refractivity contribution >= 4 is 89.9 Å². The molecule has 0 amide bonds. The fraction of sp³-hybridized carbons (Fsp3) is 0.250. The zero-order chi connectivity index (χ0) is 30.1. The summed E-state index contributed by atoms with van der Waals surface area (Å²) < 4.78 is 14.4. The van der Waals surface area contributed by atoms with Gasteiger partial charge in [-0.1, -0.05) is 157 Å². The molecule has 0 aliphatic rings. The quantitative estimate of drug-likeness (QED) is 0.0721. The Kier molecular flexibility index (Phi) is 13.6. The van der Waals surface area contributed by atoms with E-state index in [4.69, 9.17) is 67.5 Å². The molecule has 0 bridgehead atoms. The lowest BCUT2D eigenvalue weighted by molar-refractivity contribution is 0.0439. The third kappa shape index (κ3) is 9.26. The summed E-state index contributed by atoms with van der Waals surface area (Å²) in [4.78, 5) is 2.43. The second kappa shape index (κ2) is 16.9. The molecular formula is C32H28Br2Cl5NO2. The molecular weight excluding hydrogens is 767 g/mol. The molecule has 10 heteroatoms. The molecule has 0 saturated heterocycles. The second-order valence-corrected chi connectivity index (χ2v) is 13.2. The van der Waals surface area contributed by atoms with Gasteiger partial charge < -0.3 is 9.47 Å². The van der Waals surface area contributed by atoms with Gasteiger partial charge >= 0.3 is 0 Å². The maximum atomic E-state index is 6.38. The van der Waals surface area contributed by atoms with Gasteiger partial charge in [0.1, 0.15) is 10.0 Å². The molecule has 0 heterocycles. The minimum atomic E-state index is 0.0913. The van der Waals surface area contributed by atoms with E-state index in [1.165, 1.54) is 11.1 Å². The van der Waals surface area contributed by atoms with Gasteiger partial charge in [-0.15, -0.1) is 0 Å². The van der Waals surface area contributed by atoms with Gasteiger partial charge in [0.15, 0.2) is 5.75 Å². The molecule has 1 unspecified atom stereocenters. The Labute approximate surface area is 289 Å². The molecule has 0 aromatic heterocycles. The van der Waals surface area contributed by atoms with Crippen LogP contribution in [0.3, 0.4) is 0 Å². The van der Waals surface area contributed by atoms with Gasteiger partial charge in [0, 0.05) is 28.1 Å². The van der Waals surface area contributed by atoms with E-state index in [9.17, 15) is 0 Å². The lowest BCUT2D eigenvalue weighted by Crippen LogP contribution is -2.41. The minimum absolute atomic E-state index is 0.0913. The molecule has 222 valence electrons. The molecule has 4 aromatic carbocycles. The third-order valence-corrected chi connectivity index (χ3v) is 10.5. The van der Waals surface area contributed by atoms with Crippen LogP contribution in [-0.2, 0) is 24.3 Å². The molecule has 0 saturated carbocycles. The second-order valence-electron chi connectivity index (χ2n) is 9.61. The van der Waals surface area contributed by atoms with Crippen molar-refractivity contribution < 1.29 is 9.47 Å². The highest BCUT2D eigenvalue weighted by Crippen LogP contribution is 2.48. The average molecular weight is 796 g/mol. The Bertz CT molecular complexity index is 1450. The summed E-state index contributed by atoms with van der Waals surface area (Å²) in [5.74, 6) is 0.229. The minimum Gasteiger partial charge on any atom is -0.490 e. The van der Waals surface area contributed by atoms with E-state index in [1.807, 2.05) is 30.3 Å². The highest BCUT2D eigenvalue weighted by Gasteiger charge is 2.23. The summed E-state index contributed by atoms with van der Waals surface area (Å²) in [5.41, 5.74) is 3.53. The van der Waals surface area contributed by atoms with Crippen molar-refractivity contribution in [3.8, 4) is 5.75 Å². The number of hydrogen-bond acceptors (Lipinski definition) is 3. The lowest BCUT2D eigenvalue weighted by atomic mass is 10.0. The fourth-order valence-electron chi connectivity index (χ4n) is 4.49. The molecule has 3 nitrogen and oxygen atoms in total. The van der Waals surface area contributed by atoms with Crippen molar-refractivity contribution in [2.45, 2.75) is 32.0 Å². The standard InChI is InChI=1S/C32H28Br2Cl5NO2/c33-25-13-6-4-11-22(25)18-40(15-8-16-42-32-30(38)28(36)27(35)29(37)31(32)39)24(17-21-9-2-1-3-10-21)20-41-19-23-12-5-7-14-26(23)34/h1-7,9-14,24H,8,15-20H2. The van der Waals surface area contributed by atoms with Crippen LogP contribution in [0, 0.1) is 0 Å². The number of hydrogen-bond donors (Lipinski definition) is 0. The summed E-state index contributed by atoms with van der Waals surface area (Å²) in [6, 6.07) is 26.9. The predicted octanol–water partition coefficient (Wildman–Crippen LogP) is 11.6. The van der Waals surface area contributed by atoms with E-state index in [1.54, 1.807) is 0 Å². The highest BCUT2D eigenvalue weighted by molar-refractivity contribution is 9.10. The SMILES string of the molecule is Clc1c(Cl)c(Cl)c(OCCCN(Cc2ccccc2Br)C(COCc2ccccc2Br)Cc2ccccc2)c(Cl)c1Cl. The van der Waals surface area contributed by atoms with E-state index >= 15 is 0 Å². The lowest BCUT2D eigenvalue weighted by Gasteiger charge is -2.32. The molecule has 0 aliphatic heterocycles. The fourth-order valence-corrected chi connectivity index (χ4v) is 6.53. The molecule has 4 rings (SSSR count). The van der Waals surface area contributed by atoms with Crippen molar-refractivity contribution in [1.82, 2.24) is 4.90 Å². The normalized spacial score (nSPS) is 12.1. The van der Waals surface area contributed by atoms with Crippen LogP contribution in [-0.4, -0.2) is 30.7 Å². The van der Waals surface area contributed by atoms with Crippen LogP contribution in [0.4, 0.5) is 0 Å². The summed E-state index contributed by atoms with van der Waals surface area (Å²) in [6.45, 7) is 2.84. The number of benzene rings is 4. The van der Waals surface area contributed by atoms with E-state index in [0.29, 0.717) is 26.2 Å². The summed E-state index contributed by atoms with van der Waals surface area (Å²) in [7, 11) is 0. The van der Waals surface area contributed by atoms with Crippen LogP contribution in [0.1, 0.15) is 23.1 Å². The van der Waals surface area contributed by atoms with Gasteiger partial charge in [0.2, 0.25) is 0 Å². The van der Waals surface area contributed by atoms with Gasteiger partial charge in [-0.2, -0.15) is 0 Å². The van der Waals surface area contributed by atoms with Crippen molar-refractivity contribution in [3.05, 3.63) is 130 Å². The van der Waals surface area contributed by atoms with Crippen molar-refractivity contribution in [2.75, 3.05) is 19.8 Å². The first-order chi connectivity index (χ1) is 20.3. The Hall–Kier alpha value is -0.990. The van der Waals surface area contributed by atoms with Gasteiger partial charge in [0.05, 0.1) is 34.9 Å². The molecule has 0 spiro atoms. The molecule has 1 atom stereocenters. The average Bonchev–Trinajstić information content (AvgIpc) is 3.00. The first-order valence-electron chi connectivity index (χ1n) is 13.2. The van der Waals surface area contributed by atoms with E-state index in [-0.39, 0.29) is 36.9 Å². The predicted molar refractivity (Wildman–Crippen MR) is 184 cm³/mol. The van der Waals surface area contributed by atoms with E-state index in [0.717, 1.165) is 34.0 Å². The van der Waals surface area contributed by atoms with Crippen molar-refractivity contribution in [2.24, 2.45) is 0 Å². The monoisotopic (exact) mass is 791 g/mol. The van der Waals surface area contributed by atoms with Crippen LogP contribution >= 0.6 is 89.9 Å². The zero-order valence-electron chi connectivity index (χ0n) is 22.4. The van der Waals surface area contributed by atoms with E-state index < -0.39 is 0 Å². The van der Waals surface area contributed by atoms with Crippen LogP contribution in [0.5, 0.6) is 5.75 Å². The smallest absolute Gasteiger partial charge is 0.159 e. The van der Waals surface area contributed by atoms with Crippen molar-refractivity contribution in [3.63, 3.8) is 0 Å². The molecule has 0 aliphatic carbocycles. The van der Waals surface area contributed by atoms with Gasteiger partial charge in [-0.3, -0.25) is 4.90 Å². The Morgan fingerprint density at radius 1 is 0.667 bits per heavy atom. The molecule has 0 fully saturated rings. The summed E-state index contributed by atoms with van der Waals surface area (Å²) >= 11 is 38.7. The molecule has 0 N–H and O–H groups in total. The van der Waals surface area contributed by atoms with Gasteiger partial charge in [0.25, 0.3) is 0 Å². The van der Waals surface area contributed by atoms with Gasteiger partial charge in [-0.25, -0.2) is 0 Å². The molecule has 0 radical (unpaired) electrons. The number of ether oxygens (including phenoxy) is 2. The summed E-state index contributed by atoms with van der Waals surface area (Å²) in [5, 5.41) is 0.616. The van der Waals surface area contributed by atoms with Crippen LogP contribution in [0.25, 0.3) is 0 Å². The topological polar surface area (TPSA) is 21.7 Å². The zero-order valence-corrected chi connectivity index (χ0v) is 29.4. The van der Waals surface area contributed by atoms with E-state index in [2.05, 4.69) is 85.3 Å². The van der Waals surface area contributed by atoms with Crippen molar-refractivity contribution in [1.29, 1.82) is 0 Å². The Morgan fingerprint density at radius 3 is 1.83 bits per heavy atom. The number of halogens is 7. The molecule has 4 aromatic rings. The van der Waals surface area contributed by atoms with Gasteiger partial charge in [-0.05, 0) is 41.7 Å². The first kappa shape index (κ1) is 33.9. The highest BCUT2D eigenvalue weighted by atomic mass is 79.9. The van der Waals surface area contributed by atoms with Crippen LogP contribution < -0.4 is 4.74 Å². The Balaban J connectivity index is 1.52.